The number of carbonyl (C=O) groups is 2. The van der Waals surface area contributed by atoms with Crippen molar-refractivity contribution in [3.63, 3.8) is 0 Å². The van der Waals surface area contributed by atoms with Gasteiger partial charge in [-0.2, -0.15) is 0 Å². The standard InChI is InChI=1S/C19H19NO6/c1-4-26-16-7-5-6-12(17(16)21)11-20-15-9-13(18(22)24-2)8-14(10-15)19(23)25-3/h5-11,21H,4H2,1-3H3. The van der Waals surface area contributed by atoms with Crippen LogP contribution < -0.4 is 4.74 Å². The molecule has 1 N–H and O–H groups in total. The van der Waals surface area contributed by atoms with E-state index in [9.17, 15) is 14.7 Å². The first-order valence-electron chi connectivity index (χ1n) is 7.80. The molecule has 0 saturated heterocycles. The van der Waals surface area contributed by atoms with Gasteiger partial charge >= 0.3 is 11.9 Å². The number of esters is 2. The van der Waals surface area contributed by atoms with Gasteiger partial charge in [0.25, 0.3) is 0 Å². The molecular weight excluding hydrogens is 338 g/mol. The second kappa shape index (κ2) is 8.66. The zero-order valence-electron chi connectivity index (χ0n) is 14.7. The van der Waals surface area contributed by atoms with Gasteiger partial charge in [-0.1, -0.05) is 6.07 Å². The highest BCUT2D eigenvalue weighted by Gasteiger charge is 2.13. The fourth-order valence-electron chi connectivity index (χ4n) is 2.22. The summed E-state index contributed by atoms with van der Waals surface area (Å²) >= 11 is 0. The number of hydrogen-bond acceptors (Lipinski definition) is 7. The number of benzene rings is 2. The summed E-state index contributed by atoms with van der Waals surface area (Å²) in [7, 11) is 2.49. The van der Waals surface area contributed by atoms with Crippen molar-refractivity contribution in [3.05, 3.63) is 53.1 Å². The molecule has 2 rings (SSSR count). The van der Waals surface area contributed by atoms with Crippen LogP contribution in [0.2, 0.25) is 0 Å². The maximum atomic E-state index is 11.8. The largest absolute Gasteiger partial charge is 0.504 e. The Balaban J connectivity index is 2.42. The third-order valence-corrected chi connectivity index (χ3v) is 3.44. The van der Waals surface area contributed by atoms with E-state index in [-0.39, 0.29) is 16.9 Å². The minimum atomic E-state index is -0.603. The highest BCUT2D eigenvalue weighted by atomic mass is 16.5. The van der Waals surface area contributed by atoms with Crippen LogP contribution >= 0.6 is 0 Å². The van der Waals surface area contributed by atoms with Crippen molar-refractivity contribution in [2.45, 2.75) is 6.92 Å². The number of carbonyl (C=O) groups excluding carboxylic acids is 2. The Bertz CT molecular complexity index is 810. The van der Waals surface area contributed by atoms with Gasteiger partial charge in [0.2, 0.25) is 0 Å². The predicted octanol–water partition coefficient (Wildman–Crippen LogP) is 3.11. The molecule has 0 spiro atoms. The third-order valence-electron chi connectivity index (χ3n) is 3.44. The van der Waals surface area contributed by atoms with Gasteiger partial charge in [-0.15, -0.1) is 0 Å². The average Bonchev–Trinajstić information content (AvgIpc) is 2.67. The fraction of sp³-hybridized carbons (Fsp3) is 0.211. The molecule has 7 nitrogen and oxygen atoms in total. The van der Waals surface area contributed by atoms with Crippen LogP contribution in [0.1, 0.15) is 33.2 Å². The molecule has 7 heteroatoms. The summed E-state index contributed by atoms with van der Waals surface area (Å²) in [5.41, 5.74) is 1.08. The van der Waals surface area contributed by atoms with Crippen LogP contribution in [0.15, 0.2) is 41.4 Å². The molecule has 0 atom stereocenters. The Labute approximate surface area is 150 Å². The number of methoxy groups -OCH3 is 2. The molecule has 0 fully saturated rings. The fourth-order valence-corrected chi connectivity index (χ4v) is 2.22. The van der Waals surface area contributed by atoms with E-state index < -0.39 is 11.9 Å². The Morgan fingerprint density at radius 2 is 1.69 bits per heavy atom. The highest BCUT2D eigenvalue weighted by Crippen LogP contribution is 2.29. The summed E-state index contributed by atoms with van der Waals surface area (Å²) in [6.07, 6.45) is 1.41. The average molecular weight is 357 g/mol. The molecule has 136 valence electrons. The van der Waals surface area contributed by atoms with E-state index in [0.29, 0.717) is 23.6 Å². The van der Waals surface area contributed by atoms with E-state index in [1.807, 2.05) is 6.92 Å². The SMILES string of the molecule is CCOc1cccc(C=Nc2cc(C(=O)OC)cc(C(=O)OC)c2)c1O. The summed E-state index contributed by atoms with van der Waals surface area (Å²) < 4.78 is 14.7. The molecule has 2 aromatic carbocycles. The third kappa shape index (κ3) is 4.38. The molecular formula is C19H19NO6. The minimum absolute atomic E-state index is 0.0459. The van der Waals surface area contributed by atoms with Crippen LogP contribution in [0.4, 0.5) is 5.69 Å². The lowest BCUT2D eigenvalue weighted by Crippen LogP contribution is -2.06. The molecule has 0 amide bonds. The Hall–Kier alpha value is -3.35. The molecule has 0 aliphatic heterocycles. The molecule has 2 aromatic rings. The zero-order valence-corrected chi connectivity index (χ0v) is 14.7. The van der Waals surface area contributed by atoms with Crippen molar-refractivity contribution in [1.29, 1.82) is 0 Å². The normalized spacial score (nSPS) is 10.6. The number of phenolic OH excluding ortho intramolecular Hbond substituents is 1. The summed E-state index contributed by atoms with van der Waals surface area (Å²) in [5.74, 6) is -0.910. The van der Waals surface area contributed by atoms with Gasteiger partial charge in [-0.25, -0.2) is 9.59 Å². The van der Waals surface area contributed by atoms with Gasteiger partial charge in [-0.05, 0) is 37.3 Å². The molecule has 0 aromatic heterocycles. The first-order valence-corrected chi connectivity index (χ1v) is 7.80. The van der Waals surface area contributed by atoms with Crippen molar-refractivity contribution in [2.75, 3.05) is 20.8 Å². The van der Waals surface area contributed by atoms with Crippen molar-refractivity contribution in [3.8, 4) is 11.5 Å². The van der Waals surface area contributed by atoms with Gasteiger partial charge in [0.1, 0.15) is 0 Å². The molecule has 26 heavy (non-hydrogen) atoms. The van der Waals surface area contributed by atoms with Crippen LogP contribution in [0.25, 0.3) is 0 Å². The molecule has 0 heterocycles. The van der Waals surface area contributed by atoms with Crippen LogP contribution in [-0.4, -0.2) is 44.1 Å². The minimum Gasteiger partial charge on any atom is -0.504 e. The molecule has 0 aliphatic rings. The molecule has 0 bridgehead atoms. The maximum Gasteiger partial charge on any atom is 0.337 e. The quantitative estimate of drug-likeness (QED) is 0.630. The zero-order chi connectivity index (χ0) is 19.1. The lowest BCUT2D eigenvalue weighted by atomic mass is 10.1. The number of aliphatic imine (C=N–C) groups is 1. The predicted molar refractivity (Wildman–Crippen MR) is 95.7 cm³/mol. The van der Waals surface area contributed by atoms with Crippen molar-refractivity contribution in [2.24, 2.45) is 4.99 Å². The van der Waals surface area contributed by atoms with E-state index in [4.69, 9.17) is 4.74 Å². The van der Waals surface area contributed by atoms with Gasteiger partial charge in [0.15, 0.2) is 11.5 Å². The number of aromatic hydroxyl groups is 1. The van der Waals surface area contributed by atoms with Crippen LogP contribution in [0.5, 0.6) is 11.5 Å². The van der Waals surface area contributed by atoms with Crippen LogP contribution in [0, 0.1) is 0 Å². The molecule has 0 saturated carbocycles. The monoisotopic (exact) mass is 357 g/mol. The Morgan fingerprint density at radius 3 is 2.23 bits per heavy atom. The smallest absolute Gasteiger partial charge is 0.337 e. The van der Waals surface area contributed by atoms with Crippen LogP contribution in [-0.2, 0) is 9.47 Å². The second-order valence-electron chi connectivity index (χ2n) is 5.14. The van der Waals surface area contributed by atoms with Gasteiger partial charge in [0.05, 0.1) is 37.6 Å². The van der Waals surface area contributed by atoms with Gasteiger partial charge in [0, 0.05) is 11.8 Å². The lowest BCUT2D eigenvalue weighted by molar-refractivity contribution is 0.0599. The van der Waals surface area contributed by atoms with Crippen molar-refractivity contribution >= 4 is 23.8 Å². The number of para-hydroxylation sites is 1. The first kappa shape index (κ1) is 19.0. The van der Waals surface area contributed by atoms with Crippen molar-refractivity contribution < 1.29 is 28.9 Å². The Kier molecular flexibility index (Phi) is 6.32. The van der Waals surface area contributed by atoms with Crippen molar-refractivity contribution in [1.82, 2.24) is 0 Å². The lowest BCUT2D eigenvalue weighted by Gasteiger charge is -2.07. The number of ether oxygens (including phenoxy) is 3. The molecule has 0 unspecified atom stereocenters. The second-order valence-corrected chi connectivity index (χ2v) is 5.14. The molecule has 0 aliphatic carbocycles. The van der Waals surface area contributed by atoms with Gasteiger partial charge < -0.3 is 19.3 Å². The topological polar surface area (TPSA) is 94.4 Å². The summed E-state index contributed by atoms with van der Waals surface area (Å²) in [4.78, 5) is 27.8. The summed E-state index contributed by atoms with van der Waals surface area (Å²) in [6, 6.07) is 9.33. The summed E-state index contributed by atoms with van der Waals surface area (Å²) in [6.45, 7) is 2.23. The highest BCUT2D eigenvalue weighted by molar-refractivity contribution is 5.97. The number of hydrogen-bond donors (Lipinski definition) is 1. The molecule has 0 radical (unpaired) electrons. The van der Waals surface area contributed by atoms with E-state index >= 15 is 0 Å². The maximum absolute atomic E-state index is 11.8. The van der Waals surface area contributed by atoms with Crippen LogP contribution in [0.3, 0.4) is 0 Å². The summed E-state index contributed by atoms with van der Waals surface area (Å²) in [5, 5.41) is 10.2. The first-order chi connectivity index (χ1) is 12.5. The van der Waals surface area contributed by atoms with E-state index in [0.717, 1.165) is 0 Å². The van der Waals surface area contributed by atoms with E-state index in [2.05, 4.69) is 14.5 Å². The van der Waals surface area contributed by atoms with Gasteiger partial charge in [-0.3, -0.25) is 4.99 Å². The van der Waals surface area contributed by atoms with E-state index in [1.165, 1.54) is 38.6 Å². The Morgan fingerprint density at radius 1 is 1.08 bits per heavy atom. The van der Waals surface area contributed by atoms with E-state index in [1.54, 1.807) is 18.2 Å². The number of phenols is 1. The number of nitrogens with zero attached hydrogens (tertiary/aromatic N) is 1. The number of rotatable bonds is 6.